The number of aliphatic hydroxyl groups is 1. The van der Waals surface area contributed by atoms with Gasteiger partial charge in [0.15, 0.2) is 12.2 Å². The van der Waals surface area contributed by atoms with E-state index < -0.39 is 97.5 Å². The monoisotopic (exact) mass is 1280 g/mol. The van der Waals surface area contributed by atoms with Crippen LogP contribution in [0.4, 0.5) is 0 Å². The molecule has 17 nitrogen and oxygen atoms in total. The van der Waals surface area contributed by atoms with Crippen molar-refractivity contribution < 1.29 is 80.2 Å². The summed E-state index contributed by atoms with van der Waals surface area (Å²) in [6.45, 7) is 9.41. The number of hydrogen-bond acceptors (Lipinski definition) is 15. The Balaban J connectivity index is 5.19. The summed E-state index contributed by atoms with van der Waals surface area (Å²) in [4.78, 5) is 72.3. The molecule has 0 saturated heterocycles. The summed E-state index contributed by atoms with van der Waals surface area (Å²) in [6, 6.07) is 0. The van der Waals surface area contributed by atoms with Crippen LogP contribution in [0.15, 0.2) is 0 Å². The minimum Gasteiger partial charge on any atom is -0.462 e. The van der Waals surface area contributed by atoms with Gasteiger partial charge >= 0.3 is 39.5 Å². The summed E-state index contributed by atoms with van der Waals surface area (Å²) in [6.07, 6.45) is 44.6. The second-order valence-electron chi connectivity index (χ2n) is 25.3. The van der Waals surface area contributed by atoms with Crippen molar-refractivity contribution in [2.24, 2.45) is 11.8 Å². The van der Waals surface area contributed by atoms with Crippen LogP contribution in [0.25, 0.3) is 0 Å². The van der Waals surface area contributed by atoms with E-state index >= 15 is 0 Å². The van der Waals surface area contributed by atoms with Crippen LogP contribution in [-0.4, -0.2) is 96.7 Å². The summed E-state index contributed by atoms with van der Waals surface area (Å²) in [7, 11) is -9.89. The molecule has 0 radical (unpaired) electrons. The first-order chi connectivity index (χ1) is 41.9. The topological polar surface area (TPSA) is 237 Å². The Kier molecular flexibility index (Phi) is 59.0. The summed E-state index contributed by atoms with van der Waals surface area (Å²) in [5.41, 5.74) is 0. The van der Waals surface area contributed by atoms with Gasteiger partial charge in [0.25, 0.3) is 0 Å². The number of carbonyl (C=O) groups is 4. The average Bonchev–Trinajstić information content (AvgIpc) is 3.70. The van der Waals surface area contributed by atoms with E-state index in [0.29, 0.717) is 31.6 Å². The van der Waals surface area contributed by atoms with Crippen molar-refractivity contribution in [2.45, 2.75) is 362 Å². The molecule has 6 atom stereocenters. The quantitative estimate of drug-likeness (QED) is 0.0222. The largest absolute Gasteiger partial charge is 0.472 e. The lowest BCUT2D eigenvalue weighted by atomic mass is 10.00. The zero-order chi connectivity index (χ0) is 64.3. The SMILES string of the molecule is CCCCCCCCCCCCCCCCCCCCC(=O)O[C@H](COC(=O)CCCCCCCCCC(C)C)COP(=O)(O)OC[C@@H](O)COP(=O)(O)OC[C@@H](COC(=O)CCCCCCCCCCC)OC(=O)CCCCCCCCC(C)CC. The lowest BCUT2D eigenvalue weighted by molar-refractivity contribution is -0.161. The van der Waals surface area contributed by atoms with Gasteiger partial charge in [-0.25, -0.2) is 9.13 Å². The molecule has 516 valence electrons. The zero-order valence-corrected chi connectivity index (χ0v) is 58.1. The lowest BCUT2D eigenvalue weighted by Gasteiger charge is -2.21. The first-order valence-electron chi connectivity index (χ1n) is 35.5. The van der Waals surface area contributed by atoms with Gasteiger partial charge in [-0.15, -0.1) is 0 Å². The molecule has 19 heteroatoms. The van der Waals surface area contributed by atoms with Crippen LogP contribution in [0.5, 0.6) is 0 Å². The molecule has 0 aliphatic rings. The van der Waals surface area contributed by atoms with Gasteiger partial charge < -0.3 is 33.8 Å². The molecule has 0 fully saturated rings. The van der Waals surface area contributed by atoms with Crippen molar-refractivity contribution in [1.29, 1.82) is 0 Å². The summed E-state index contributed by atoms with van der Waals surface area (Å²) in [5.74, 6) is -0.707. The molecule has 87 heavy (non-hydrogen) atoms. The fourth-order valence-corrected chi connectivity index (χ4v) is 11.8. The fraction of sp³-hybridized carbons (Fsp3) is 0.941. The molecule has 0 spiro atoms. The van der Waals surface area contributed by atoms with Crippen molar-refractivity contribution in [3.05, 3.63) is 0 Å². The second-order valence-corrected chi connectivity index (χ2v) is 28.2. The first-order valence-corrected chi connectivity index (χ1v) is 38.5. The van der Waals surface area contributed by atoms with Gasteiger partial charge in [-0.2, -0.15) is 0 Å². The minimum absolute atomic E-state index is 0.103. The van der Waals surface area contributed by atoms with Crippen LogP contribution in [0.3, 0.4) is 0 Å². The van der Waals surface area contributed by atoms with Gasteiger partial charge in [-0.3, -0.25) is 37.3 Å². The van der Waals surface area contributed by atoms with Crippen LogP contribution in [0.2, 0.25) is 0 Å². The van der Waals surface area contributed by atoms with Gasteiger partial charge in [0, 0.05) is 25.7 Å². The van der Waals surface area contributed by atoms with E-state index in [2.05, 4.69) is 41.5 Å². The molecule has 3 N–H and O–H groups in total. The Labute approximate surface area is 530 Å². The van der Waals surface area contributed by atoms with Crippen molar-refractivity contribution in [3.63, 3.8) is 0 Å². The van der Waals surface area contributed by atoms with Crippen LogP contribution in [0, 0.1) is 11.8 Å². The molecule has 0 rings (SSSR count). The number of hydrogen-bond donors (Lipinski definition) is 3. The maximum atomic E-state index is 13.0. The molecule has 3 unspecified atom stereocenters. The minimum atomic E-state index is -4.95. The molecule has 0 aromatic carbocycles. The number of ether oxygens (including phenoxy) is 4. The Bertz CT molecular complexity index is 1700. The third-order valence-corrected chi connectivity index (χ3v) is 18.0. The number of phosphoric ester groups is 2. The van der Waals surface area contributed by atoms with Crippen molar-refractivity contribution in [1.82, 2.24) is 0 Å². The van der Waals surface area contributed by atoms with Crippen LogP contribution >= 0.6 is 15.6 Å². The number of esters is 4. The first kappa shape index (κ1) is 85.1. The maximum absolute atomic E-state index is 13.0. The number of carbonyl (C=O) groups excluding carboxylic acids is 4. The second kappa shape index (κ2) is 60.3. The molecule has 0 aliphatic heterocycles. The van der Waals surface area contributed by atoms with Crippen LogP contribution < -0.4 is 0 Å². The average molecular weight is 1280 g/mol. The summed E-state index contributed by atoms with van der Waals surface area (Å²) < 4.78 is 68.1. The third-order valence-electron chi connectivity index (χ3n) is 16.1. The molecule has 0 aromatic rings. The van der Waals surface area contributed by atoms with Crippen molar-refractivity contribution in [2.75, 3.05) is 39.6 Å². The van der Waals surface area contributed by atoms with Crippen LogP contribution in [0.1, 0.15) is 343 Å². The summed E-state index contributed by atoms with van der Waals surface area (Å²) >= 11 is 0. The predicted molar refractivity (Wildman–Crippen MR) is 349 cm³/mol. The Hall–Kier alpha value is -1.94. The third kappa shape index (κ3) is 61.3. The predicted octanol–water partition coefficient (Wildman–Crippen LogP) is 19.2. The fourth-order valence-electron chi connectivity index (χ4n) is 10.2. The Morgan fingerprint density at radius 1 is 0.333 bits per heavy atom. The van der Waals surface area contributed by atoms with E-state index in [1.165, 1.54) is 154 Å². The summed E-state index contributed by atoms with van der Waals surface area (Å²) in [5, 5.41) is 10.6. The Morgan fingerprint density at radius 3 is 0.874 bits per heavy atom. The number of aliphatic hydroxyl groups excluding tert-OH is 1. The van der Waals surface area contributed by atoms with Gasteiger partial charge in [0.1, 0.15) is 19.3 Å². The molecule has 0 aliphatic carbocycles. The zero-order valence-electron chi connectivity index (χ0n) is 56.3. The van der Waals surface area contributed by atoms with E-state index in [4.69, 9.17) is 37.0 Å². The normalized spacial score (nSPS) is 14.5. The molecular formula is C68H132O17P2. The van der Waals surface area contributed by atoms with Gasteiger partial charge in [-0.05, 0) is 37.5 Å². The highest BCUT2D eigenvalue weighted by Crippen LogP contribution is 2.45. The van der Waals surface area contributed by atoms with Crippen molar-refractivity contribution in [3.8, 4) is 0 Å². The highest BCUT2D eigenvalue weighted by atomic mass is 31.2. The smallest absolute Gasteiger partial charge is 0.462 e. The van der Waals surface area contributed by atoms with Gasteiger partial charge in [-0.1, -0.05) is 292 Å². The highest BCUT2D eigenvalue weighted by Gasteiger charge is 2.30. The lowest BCUT2D eigenvalue weighted by Crippen LogP contribution is -2.30. The Morgan fingerprint density at radius 2 is 0.586 bits per heavy atom. The number of rotatable bonds is 67. The van der Waals surface area contributed by atoms with E-state index in [1.54, 1.807) is 0 Å². The van der Waals surface area contributed by atoms with E-state index in [1.807, 2.05) is 0 Å². The molecule has 0 heterocycles. The molecule has 0 saturated carbocycles. The van der Waals surface area contributed by atoms with Gasteiger partial charge in [0.05, 0.1) is 26.4 Å². The molecule has 0 bridgehead atoms. The van der Waals surface area contributed by atoms with Crippen molar-refractivity contribution >= 4 is 39.5 Å². The standard InChI is InChI=1S/C68H132O17P2/c1-7-10-12-14-16-18-19-20-21-22-23-24-25-26-28-32-40-46-52-67(72)84-63(56-79-66(71)51-45-39-33-29-30-36-42-48-60(4)5)58-82-86(74,75)80-54-62(69)55-81-87(76,77)83-59-64(57-78-65(70)50-44-38-31-27-17-15-13-11-8-2)85-68(73)53-47-41-35-34-37-43-49-61(6)9-3/h60-64,69H,7-59H2,1-6H3,(H,74,75)(H,76,77)/t61?,62-,63-,64-/m1/s1. The highest BCUT2D eigenvalue weighted by molar-refractivity contribution is 7.47. The maximum Gasteiger partial charge on any atom is 0.472 e. The molecule has 0 amide bonds. The van der Waals surface area contributed by atoms with E-state index in [9.17, 15) is 43.2 Å². The van der Waals surface area contributed by atoms with E-state index in [-0.39, 0.29) is 25.7 Å². The van der Waals surface area contributed by atoms with E-state index in [0.717, 1.165) is 102 Å². The molecular weight excluding hydrogens is 1150 g/mol. The number of unbranched alkanes of at least 4 members (excludes halogenated alkanes) is 36. The molecule has 0 aromatic heterocycles. The number of phosphoric acid groups is 2. The van der Waals surface area contributed by atoms with Gasteiger partial charge in [0.2, 0.25) is 0 Å². The van der Waals surface area contributed by atoms with Crippen LogP contribution in [-0.2, 0) is 65.4 Å².